The number of carbonyl (C=O) groups excluding carboxylic acids is 1. The minimum absolute atomic E-state index is 0. The minimum atomic E-state index is -1.15. The SMILES string of the molecule is CCN(CC)CCNC(=O)c1ccc(-n2nc(C(=O)O)cc2-c2c(OC)cccc2OC)cc1C(C)C.[K]. The summed E-state index contributed by atoms with van der Waals surface area (Å²) in [6, 6.07) is 12.3. The Balaban J connectivity index is 0.00000507. The third kappa shape index (κ3) is 7.25. The van der Waals surface area contributed by atoms with Gasteiger partial charge in [0, 0.05) is 70.0 Å². The van der Waals surface area contributed by atoms with E-state index >= 15 is 0 Å². The maximum atomic E-state index is 13.1. The van der Waals surface area contributed by atoms with E-state index in [0.29, 0.717) is 40.6 Å². The second-order valence-electron chi connectivity index (χ2n) is 8.88. The zero-order chi connectivity index (χ0) is 27.1. The van der Waals surface area contributed by atoms with Crippen molar-refractivity contribution >= 4 is 63.3 Å². The fourth-order valence-electron chi connectivity index (χ4n) is 4.29. The molecular formula is C28H36KN4O5. The number of amides is 1. The van der Waals surface area contributed by atoms with Gasteiger partial charge < -0.3 is 24.8 Å². The largest absolute Gasteiger partial charge is 0.496 e. The number of aromatic nitrogens is 2. The van der Waals surface area contributed by atoms with Gasteiger partial charge in [0.1, 0.15) is 11.5 Å². The first-order chi connectivity index (χ1) is 17.7. The van der Waals surface area contributed by atoms with Crippen LogP contribution < -0.4 is 14.8 Å². The fraction of sp³-hybridized carbons (Fsp3) is 0.393. The Morgan fingerprint density at radius 2 is 1.68 bits per heavy atom. The molecule has 0 spiro atoms. The maximum absolute atomic E-state index is 13.1. The molecule has 0 aliphatic rings. The second kappa shape index (κ2) is 14.8. The predicted octanol–water partition coefficient (Wildman–Crippen LogP) is 4.07. The molecule has 3 aromatic rings. The van der Waals surface area contributed by atoms with Crippen molar-refractivity contribution in [3.8, 4) is 28.4 Å². The Bertz CT molecular complexity index is 1230. The third-order valence-corrected chi connectivity index (χ3v) is 6.37. The van der Waals surface area contributed by atoms with Crippen LogP contribution in [0, 0.1) is 0 Å². The number of ether oxygens (including phenoxy) is 2. The number of carbonyl (C=O) groups is 2. The van der Waals surface area contributed by atoms with Gasteiger partial charge in [-0.1, -0.05) is 33.8 Å². The van der Waals surface area contributed by atoms with E-state index in [9.17, 15) is 14.7 Å². The van der Waals surface area contributed by atoms with Gasteiger partial charge in [-0.2, -0.15) is 5.10 Å². The number of carboxylic acids is 1. The minimum Gasteiger partial charge on any atom is -0.496 e. The third-order valence-electron chi connectivity index (χ3n) is 6.37. The smallest absolute Gasteiger partial charge is 0.356 e. The molecule has 1 radical (unpaired) electrons. The van der Waals surface area contributed by atoms with Crippen molar-refractivity contribution in [2.45, 2.75) is 33.6 Å². The first-order valence-electron chi connectivity index (χ1n) is 12.4. The Labute approximate surface area is 266 Å². The van der Waals surface area contributed by atoms with Gasteiger partial charge in [-0.3, -0.25) is 4.79 Å². The van der Waals surface area contributed by atoms with Crippen LogP contribution in [0.3, 0.4) is 0 Å². The normalized spacial score (nSPS) is 10.8. The van der Waals surface area contributed by atoms with Crippen LogP contribution in [0.15, 0.2) is 42.5 Å². The van der Waals surface area contributed by atoms with Crippen molar-refractivity contribution in [3.63, 3.8) is 0 Å². The molecule has 0 fully saturated rings. The van der Waals surface area contributed by atoms with Crippen molar-refractivity contribution in [3.05, 3.63) is 59.3 Å². The summed E-state index contributed by atoms with van der Waals surface area (Å²) < 4.78 is 12.7. The summed E-state index contributed by atoms with van der Waals surface area (Å²) in [7, 11) is 3.09. The summed E-state index contributed by atoms with van der Waals surface area (Å²) >= 11 is 0. The standard InChI is InChI=1S/C28H36N4O5.K/c1-7-31(8-2)15-14-29-27(33)20-13-12-19(16-21(20)18(3)4)32-23(17-22(30-32)28(34)35)26-24(36-5)10-9-11-25(26)37-6;/h9-13,16-18H,7-8,14-15H2,1-6H3,(H,29,33)(H,34,35);. The molecule has 0 saturated heterocycles. The first kappa shape index (κ1) is 32.0. The van der Waals surface area contributed by atoms with E-state index < -0.39 is 5.97 Å². The molecule has 3 rings (SSSR count). The molecular weight excluding hydrogens is 511 g/mol. The van der Waals surface area contributed by atoms with Crippen molar-refractivity contribution in [2.75, 3.05) is 40.4 Å². The average molecular weight is 548 g/mol. The summed E-state index contributed by atoms with van der Waals surface area (Å²) in [5, 5.41) is 17.1. The maximum Gasteiger partial charge on any atom is 0.356 e. The van der Waals surface area contributed by atoms with E-state index in [4.69, 9.17) is 9.47 Å². The van der Waals surface area contributed by atoms with Gasteiger partial charge in [-0.25, -0.2) is 9.48 Å². The number of nitrogens with zero attached hydrogens (tertiary/aromatic N) is 3. The summed E-state index contributed by atoms with van der Waals surface area (Å²) in [6.45, 7) is 11.4. The summed E-state index contributed by atoms with van der Waals surface area (Å²) in [5.74, 6) is -0.207. The van der Waals surface area contributed by atoms with Crippen molar-refractivity contribution in [1.29, 1.82) is 0 Å². The molecule has 9 nitrogen and oxygen atoms in total. The number of aromatic carboxylic acids is 1. The Morgan fingerprint density at radius 1 is 1.05 bits per heavy atom. The van der Waals surface area contributed by atoms with E-state index in [1.54, 1.807) is 49.2 Å². The molecule has 1 aromatic heterocycles. The van der Waals surface area contributed by atoms with Crippen LogP contribution in [0.25, 0.3) is 16.9 Å². The fourth-order valence-corrected chi connectivity index (χ4v) is 4.29. The van der Waals surface area contributed by atoms with E-state index in [2.05, 4.69) is 29.2 Å². The molecule has 2 aromatic carbocycles. The van der Waals surface area contributed by atoms with E-state index in [1.165, 1.54) is 6.07 Å². The van der Waals surface area contributed by atoms with E-state index in [-0.39, 0.29) is 68.9 Å². The number of hydrogen-bond acceptors (Lipinski definition) is 6. The molecule has 2 N–H and O–H groups in total. The first-order valence-corrected chi connectivity index (χ1v) is 12.4. The van der Waals surface area contributed by atoms with Crippen LogP contribution in [0.2, 0.25) is 0 Å². The summed E-state index contributed by atoms with van der Waals surface area (Å²) in [4.78, 5) is 27.2. The number of methoxy groups -OCH3 is 2. The van der Waals surface area contributed by atoms with Crippen LogP contribution in [-0.2, 0) is 0 Å². The van der Waals surface area contributed by atoms with E-state index in [1.807, 2.05) is 19.9 Å². The molecule has 0 unspecified atom stereocenters. The van der Waals surface area contributed by atoms with Crippen molar-refractivity contribution in [1.82, 2.24) is 20.0 Å². The number of nitrogens with one attached hydrogen (secondary N) is 1. The molecule has 0 saturated carbocycles. The van der Waals surface area contributed by atoms with Gasteiger partial charge in [-0.15, -0.1) is 0 Å². The molecule has 1 amide bonds. The van der Waals surface area contributed by atoms with Gasteiger partial charge in [0.15, 0.2) is 5.69 Å². The quantitative estimate of drug-likeness (QED) is 0.329. The van der Waals surface area contributed by atoms with Crippen molar-refractivity contribution in [2.24, 2.45) is 0 Å². The van der Waals surface area contributed by atoms with Gasteiger partial charge >= 0.3 is 5.97 Å². The number of benzene rings is 2. The second-order valence-corrected chi connectivity index (χ2v) is 8.88. The number of likely N-dealkylation sites (N-methyl/N-ethyl adjacent to an activating group) is 1. The Morgan fingerprint density at radius 3 is 2.21 bits per heavy atom. The summed E-state index contributed by atoms with van der Waals surface area (Å²) in [6.07, 6.45) is 0. The number of rotatable bonds is 12. The molecule has 1 heterocycles. The summed E-state index contributed by atoms with van der Waals surface area (Å²) in [5.41, 5.74) is 3.00. The zero-order valence-electron chi connectivity index (χ0n) is 23.4. The average Bonchev–Trinajstić information content (AvgIpc) is 3.35. The van der Waals surface area contributed by atoms with Crippen molar-refractivity contribution < 1.29 is 24.2 Å². The number of hydrogen-bond donors (Lipinski definition) is 2. The molecule has 10 heteroatoms. The number of carboxylic acid groups (broad SMARTS) is 1. The van der Waals surface area contributed by atoms with Gasteiger partial charge in [0.05, 0.1) is 31.2 Å². The molecule has 0 bridgehead atoms. The molecule has 38 heavy (non-hydrogen) atoms. The Kier molecular flexibility index (Phi) is 12.5. The van der Waals surface area contributed by atoms with E-state index in [0.717, 1.165) is 25.2 Å². The van der Waals surface area contributed by atoms with Gasteiger partial charge in [-0.05, 0) is 61.0 Å². The molecule has 0 aliphatic heterocycles. The molecule has 0 atom stereocenters. The van der Waals surface area contributed by atoms with Crippen LogP contribution in [-0.4, -0.2) is 123 Å². The van der Waals surface area contributed by atoms with Gasteiger partial charge in [0.2, 0.25) is 0 Å². The van der Waals surface area contributed by atoms with Crippen LogP contribution >= 0.6 is 0 Å². The predicted molar refractivity (Wildman–Crippen MR) is 149 cm³/mol. The molecule has 0 aliphatic carbocycles. The monoisotopic (exact) mass is 547 g/mol. The zero-order valence-corrected chi connectivity index (χ0v) is 26.5. The molecule has 199 valence electrons. The van der Waals surface area contributed by atoms with Crippen LogP contribution in [0.1, 0.15) is 60.0 Å². The van der Waals surface area contributed by atoms with Crippen LogP contribution in [0.4, 0.5) is 0 Å². The van der Waals surface area contributed by atoms with Gasteiger partial charge in [0.25, 0.3) is 5.91 Å². The van der Waals surface area contributed by atoms with Crippen LogP contribution in [0.5, 0.6) is 11.5 Å². The topological polar surface area (TPSA) is 106 Å². The Hall–Kier alpha value is -2.21.